The van der Waals surface area contributed by atoms with Crippen LogP contribution in [0.15, 0.2) is 0 Å². The minimum atomic E-state index is -3.72. The Kier molecular flexibility index (Phi) is 13.6. The molecule has 3 nitrogen and oxygen atoms in total. The van der Waals surface area contributed by atoms with Gasteiger partial charge >= 0.3 is 7.60 Å². The van der Waals surface area contributed by atoms with E-state index in [0.29, 0.717) is 6.42 Å². The summed E-state index contributed by atoms with van der Waals surface area (Å²) in [4.78, 5) is 17.1. The summed E-state index contributed by atoms with van der Waals surface area (Å²) in [6, 6.07) is 0. The van der Waals surface area contributed by atoms with Crippen LogP contribution in [0.25, 0.3) is 0 Å². The molecule has 0 rings (SSSR count). The van der Waals surface area contributed by atoms with E-state index in [1.165, 1.54) is 19.3 Å². The molecule has 0 aliphatic rings. The molecule has 13 heavy (non-hydrogen) atoms. The fourth-order valence-corrected chi connectivity index (χ4v) is 1.73. The molecule has 75 valence electrons. The van der Waals surface area contributed by atoms with Crippen molar-refractivity contribution in [3.8, 4) is 0 Å². The van der Waals surface area contributed by atoms with Crippen LogP contribution in [0.4, 0.5) is 0 Å². The molecule has 0 unspecified atom stereocenters. The molecule has 0 heterocycles. The molecule has 0 amide bonds. The molecule has 5 heteroatoms. The van der Waals surface area contributed by atoms with Gasteiger partial charge in [0.2, 0.25) is 0 Å². The molecular formula is C8H19KO3P. The molecule has 0 aliphatic carbocycles. The van der Waals surface area contributed by atoms with Crippen molar-refractivity contribution in [1.29, 1.82) is 0 Å². The molecule has 0 aromatic heterocycles. The summed E-state index contributed by atoms with van der Waals surface area (Å²) < 4.78 is 10.4. The second-order valence-corrected chi connectivity index (χ2v) is 4.93. The summed E-state index contributed by atoms with van der Waals surface area (Å²) in [5, 5.41) is 0. The normalized spacial score (nSPS) is 11.0. The number of hydrogen-bond acceptors (Lipinski definition) is 1. The molecule has 1 radical (unpaired) electrons. The summed E-state index contributed by atoms with van der Waals surface area (Å²) in [7, 11) is -3.72. The molecule has 0 fully saturated rings. The summed E-state index contributed by atoms with van der Waals surface area (Å²) in [5.74, 6) is 0. The van der Waals surface area contributed by atoms with E-state index in [-0.39, 0.29) is 57.5 Å². The van der Waals surface area contributed by atoms with Crippen LogP contribution in [0.2, 0.25) is 0 Å². The molecule has 0 aliphatic heterocycles. The first-order chi connectivity index (χ1) is 5.56. The zero-order valence-electron chi connectivity index (χ0n) is 8.70. The molecule has 0 saturated carbocycles. The zero-order chi connectivity index (χ0) is 9.45. The van der Waals surface area contributed by atoms with Crippen LogP contribution in [0, 0.1) is 0 Å². The van der Waals surface area contributed by atoms with Gasteiger partial charge in [0.1, 0.15) is 0 Å². The first-order valence-corrected chi connectivity index (χ1v) is 6.40. The number of hydrogen-bond donors (Lipinski definition) is 2. The summed E-state index contributed by atoms with van der Waals surface area (Å²) in [6.07, 6.45) is 6.40. The van der Waals surface area contributed by atoms with Crippen molar-refractivity contribution in [2.45, 2.75) is 45.4 Å². The molecule has 0 bridgehead atoms. The molecule has 2 N–H and O–H groups in total. The zero-order valence-corrected chi connectivity index (χ0v) is 12.7. The predicted molar refractivity (Wildman–Crippen MR) is 56.0 cm³/mol. The van der Waals surface area contributed by atoms with E-state index >= 15 is 0 Å². The quantitative estimate of drug-likeness (QED) is 0.402. The van der Waals surface area contributed by atoms with Crippen molar-refractivity contribution in [2.75, 3.05) is 6.16 Å². The Balaban J connectivity index is 0. The Bertz CT molecular complexity index is 146. The average Bonchev–Trinajstić information content (AvgIpc) is 1.94. The van der Waals surface area contributed by atoms with Crippen molar-refractivity contribution < 1.29 is 14.4 Å². The van der Waals surface area contributed by atoms with E-state index in [2.05, 4.69) is 6.92 Å². The average molecular weight is 233 g/mol. The summed E-state index contributed by atoms with van der Waals surface area (Å²) in [6.45, 7) is 2.15. The standard InChI is InChI=1S/C8H19O3P.K/c1-2-3-4-5-6-7-8-12(9,10)11;/h2-8H2,1H3,(H2,9,10,11);. The molecular weight excluding hydrogens is 214 g/mol. The molecule has 0 aromatic carbocycles. The Morgan fingerprint density at radius 3 is 1.92 bits per heavy atom. The van der Waals surface area contributed by atoms with E-state index in [9.17, 15) is 4.57 Å². The van der Waals surface area contributed by atoms with Crippen molar-refractivity contribution in [2.24, 2.45) is 0 Å². The third-order valence-electron chi connectivity index (χ3n) is 1.80. The maximum atomic E-state index is 10.4. The first-order valence-electron chi connectivity index (χ1n) is 4.61. The molecule has 0 aromatic rings. The second-order valence-electron chi connectivity index (χ2n) is 3.16. The van der Waals surface area contributed by atoms with E-state index < -0.39 is 7.60 Å². The Labute approximate surface area is 123 Å². The van der Waals surface area contributed by atoms with Crippen LogP contribution < -0.4 is 0 Å². The maximum Gasteiger partial charge on any atom is 0.325 e. The van der Waals surface area contributed by atoms with Gasteiger partial charge in [0.25, 0.3) is 0 Å². The van der Waals surface area contributed by atoms with Crippen LogP contribution >= 0.6 is 7.60 Å². The van der Waals surface area contributed by atoms with E-state index in [0.717, 1.165) is 12.8 Å². The SMILES string of the molecule is CCCCCCCCP(=O)(O)O.[K]. The molecule has 0 spiro atoms. The van der Waals surface area contributed by atoms with Gasteiger partial charge in [0.15, 0.2) is 0 Å². The van der Waals surface area contributed by atoms with Gasteiger partial charge in [0.05, 0.1) is 0 Å². The third-order valence-corrected chi connectivity index (χ3v) is 2.70. The van der Waals surface area contributed by atoms with E-state index in [4.69, 9.17) is 9.79 Å². The maximum absolute atomic E-state index is 10.4. The van der Waals surface area contributed by atoms with Gasteiger partial charge in [-0.3, -0.25) is 4.57 Å². The fourth-order valence-electron chi connectivity index (χ4n) is 1.10. The smallest absolute Gasteiger partial charge is 0.324 e. The van der Waals surface area contributed by atoms with Crippen molar-refractivity contribution in [1.82, 2.24) is 0 Å². The van der Waals surface area contributed by atoms with Crippen molar-refractivity contribution in [3.05, 3.63) is 0 Å². The second kappa shape index (κ2) is 10.3. The van der Waals surface area contributed by atoms with Crippen molar-refractivity contribution >= 4 is 59.0 Å². The Morgan fingerprint density at radius 2 is 1.46 bits per heavy atom. The first kappa shape index (κ1) is 17.2. The fraction of sp³-hybridized carbons (Fsp3) is 1.00. The van der Waals surface area contributed by atoms with E-state index in [1.807, 2.05) is 0 Å². The number of unbranched alkanes of at least 4 members (excludes halogenated alkanes) is 5. The Morgan fingerprint density at radius 1 is 1.00 bits per heavy atom. The van der Waals surface area contributed by atoms with Gasteiger partial charge < -0.3 is 9.79 Å². The predicted octanol–water partition coefficient (Wildman–Crippen LogP) is 2.14. The minimum absolute atomic E-state index is 0. The van der Waals surface area contributed by atoms with Gasteiger partial charge in [-0.25, -0.2) is 0 Å². The van der Waals surface area contributed by atoms with Crippen LogP contribution in [0.5, 0.6) is 0 Å². The van der Waals surface area contributed by atoms with Gasteiger partial charge in [0, 0.05) is 57.5 Å². The van der Waals surface area contributed by atoms with Crippen molar-refractivity contribution in [3.63, 3.8) is 0 Å². The van der Waals surface area contributed by atoms with Gasteiger partial charge in [-0.05, 0) is 6.42 Å². The van der Waals surface area contributed by atoms with Crippen LogP contribution in [0.1, 0.15) is 45.4 Å². The van der Waals surface area contributed by atoms with Crippen LogP contribution in [0.3, 0.4) is 0 Å². The minimum Gasteiger partial charge on any atom is -0.324 e. The summed E-state index contributed by atoms with van der Waals surface area (Å²) >= 11 is 0. The van der Waals surface area contributed by atoms with Gasteiger partial charge in [-0.2, -0.15) is 0 Å². The number of rotatable bonds is 7. The summed E-state index contributed by atoms with van der Waals surface area (Å²) in [5.41, 5.74) is 0. The monoisotopic (exact) mass is 233 g/mol. The van der Waals surface area contributed by atoms with Gasteiger partial charge in [-0.15, -0.1) is 0 Å². The largest absolute Gasteiger partial charge is 0.325 e. The molecule has 0 saturated heterocycles. The van der Waals surface area contributed by atoms with Crippen LogP contribution in [-0.2, 0) is 4.57 Å². The van der Waals surface area contributed by atoms with Crippen LogP contribution in [-0.4, -0.2) is 67.3 Å². The Hall–Kier alpha value is 1.79. The topological polar surface area (TPSA) is 57.5 Å². The van der Waals surface area contributed by atoms with Gasteiger partial charge in [-0.1, -0.05) is 39.0 Å². The third kappa shape index (κ3) is 16.5. The van der Waals surface area contributed by atoms with E-state index in [1.54, 1.807) is 0 Å². The molecule has 0 atom stereocenters.